The molecule has 5 nitrogen and oxygen atoms in total. The molecule has 142 valence electrons. The highest BCUT2D eigenvalue weighted by molar-refractivity contribution is 6.34. The van der Waals surface area contributed by atoms with Crippen LogP contribution in [0.4, 0.5) is 0 Å². The van der Waals surface area contributed by atoms with Crippen LogP contribution in [-0.2, 0) is 4.79 Å². The minimum atomic E-state index is -0.338. The second-order valence-electron chi connectivity index (χ2n) is 6.54. The second-order valence-corrected chi connectivity index (χ2v) is 7.30. The number of ether oxygens (including phenoxy) is 1. The molecular formula is C21H17Cl2N3O2. The number of fused-ring (bicyclic) bond motifs is 1. The van der Waals surface area contributed by atoms with Crippen LogP contribution in [0.3, 0.4) is 0 Å². The van der Waals surface area contributed by atoms with Crippen molar-refractivity contribution in [3.63, 3.8) is 0 Å². The van der Waals surface area contributed by atoms with E-state index in [0.29, 0.717) is 22.3 Å². The number of pyridine rings is 1. The monoisotopic (exact) mass is 413 g/mol. The number of nitrogens with zero attached hydrogens (tertiary/aromatic N) is 3. The Morgan fingerprint density at radius 1 is 1.18 bits per heavy atom. The summed E-state index contributed by atoms with van der Waals surface area (Å²) in [6.07, 6.45) is 0.506. The zero-order valence-electron chi connectivity index (χ0n) is 15.3. The summed E-state index contributed by atoms with van der Waals surface area (Å²) >= 11 is 12.8. The number of aromatic nitrogens is 1. The molecule has 28 heavy (non-hydrogen) atoms. The van der Waals surface area contributed by atoms with Gasteiger partial charge in [0.25, 0.3) is 0 Å². The van der Waals surface area contributed by atoms with Crippen molar-refractivity contribution in [2.45, 2.75) is 19.4 Å². The third-order valence-corrected chi connectivity index (χ3v) is 5.41. The van der Waals surface area contributed by atoms with Gasteiger partial charge in [0.1, 0.15) is 10.9 Å². The molecule has 0 spiro atoms. The molecule has 3 aromatic rings. The Hall–Kier alpha value is -2.63. The number of methoxy groups -OCH3 is 1. The second kappa shape index (κ2) is 7.41. The van der Waals surface area contributed by atoms with Crippen molar-refractivity contribution in [3.05, 3.63) is 69.8 Å². The van der Waals surface area contributed by atoms with Crippen LogP contribution >= 0.6 is 23.2 Å². The number of benzene rings is 2. The zero-order valence-corrected chi connectivity index (χ0v) is 16.8. The summed E-state index contributed by atoms with van der Waals surface area (Å²) in [4.78, 5) is 16.8. The normalized spacial score (nSPS) is 16.4. The fourth-order valence-electron chi connectivity index (χ4n) is 3.40. The first-order valence-corrected chi connectivity index (χ1v) is 9.50. The van der Waals surface area contributed by atoms with Crippen LogP contribution in [0.25, 0.3) is 10.9 Å². The number of rotatable bonds is 3. The molecular weight excluding hydrogens is 397 g/mol. The van der Waals surface area contributed by atoms with E-state index in [4.69, 9.17) is 27.9 Å². The Morgan fingerprint density at radius 3 is 2.68 bits per heavy atom. The predicted molar refractivity (Wildman–Crippen MR) is 111 cm³/mol. The summed E-state index contributed by atoms with van der Waals surface area (Å²) in [5, 5.41) is 7.84. The van der Waals surface area contributed by atoms with Gasteiger partial charge in [0.15, 0.2) is 0 Å². The largest absolute Gasteiger partial charge is 0.497 e. The Balaban J connectivity index is 1.77. The van der Waals surface area contributed by atoms with Crippen LogP contribution in [0.2, 0.25) is 10.2 Å². The molecule has 0 fully saturated rings. The average Bonchev–Trinajstić information content (AvgIpc) is 3.12. The van der Waals surface area contributed by atoms with Crippen molar-refractivity contribution in [2.24, 2.45) is 5.10 Å². The van der Waals surface area contributed by atoms with Crippen molar-refractivity contribution in [3.8, 4) is 5.75 Å². The molecule has 1 atom stereocenters. The van der Waals surface area contributed by atoms with E-state index < -0.39 is 0 Å². The zero-order chi connectivity index (χ0) is 19.8. The van der Waals surface area contributed by atoms with Crippen LogP contribution in [0.15, 0.2) is 53.6 Å². The third kappa shape index (κ3) is 3.32. The lowest BCUT2D eigenvalue weighted by Gasteiger charge is -2.21. The van der Waals surface area contributed by atoms with Gasteiger partial charge >= 0.3 is 0 Å². The molecule has 4 rings (SSSR count). The molecule has 2 aromatic carbocycles. The van der Waals surface area contributed by atoms with Gasteiger partial charge in [-0.05, 0) is 24.3 Å². The van der Waals surface area contributed by atoms with Gasteiger partial charge in [0.2, 0.25) is 5.91 Å². The molecule has 0 N–H and O–H groups in total. The van der Waals surface area contributed by atoms with Gasteiger partial charge in [-0.15, -0.1) is 0 Å². The van der Waals surface area contributed by atoms with Crippen molar-refractivity contribution in [1.82, 2.24) is 9.99 Å². The highest BCUT2D eigenvalue weighted by Gasteiger charge is 2.33. The van der Waals surface area contributed by atoms with Gasteiger partial charge < -0.3 is 4.74 Å². The SMILES string of the molecule is COc1ccc2cc(C3CC(c4ccccc4Cl)=NN3C(C)=O)c(Cl)nc2c1. The first-order chi connectivity index (χ1) is 13.5. The molecule has 0 saturated heterocycles. The van der Waals surface area contributed by atoms with Crippen molar-refractivity contribution < 1.29 is 9.53 Å². The van der Waals surface area contributed by atoms with Gasteiger partial charge in [0, 0.05) is 40.9 Å². The van der Waals surface area contributed by atoms with E-state index >= 15 is 0 Å². The molecule has 1 aliphatic rings. The number of hydrogen-bond donors (Lipinski definition) is 0. The molecule has 7 heteroatoms. The summed E-state index contributed by atoms with van der Waals surface area (Å²) in [6, 6.07) is 14.7. The molecule has 1 unspecified atom stereocenters. The number of hydrogen-bond acceptors (Lipinski definition) is 4. The van der Waals surface area contributed by atoms with Gasteiger partial charge in [-0.25, -0.2) is 9.99 Å². The number of halogens is 2. The van der Waals surface area contributed by atoms with Crippen LogP contribution in [0.1, 0.15) is 30.5 Å². The van der Waals surface area contributed by atoms with E-state index in [2.05, 4.69) is 10.1 Å². The molecule has 0 saturated carbocycles. The Bertz CT molecular complexity index is 1110. The lowest BCUT2D eigenvalue weighted by Crippen LogP contribution is -2.24. The number of carbonyl (C=O) groups is 1. The first-order valence-electron chi connectivity index (χ1n) is 8.74. The lowest BCUT2D eigenvalue weighted by atomic mass is 9.98. The Kier molecular flexibility index (Phi) is 4.96. The summed E-state index contributed by atoms with van der Waals surface area (Å²) in [7, 11) is 1.61. The predicted octanol–water partition coefficient (Wildman–Crippen LogP) is 5.25. The third-order valence-electron chi connectivity index (χ3n) is 4.78. The van der Waals surface area contributed by atoms with E-state index in [1.807, 2.05) is 48.5 Å². The minimum absolute atomic E-state index is 0.169. The van der Waals surface area contributed by atoms with Gasteiger partial charge in [0.05, 0.1) is 24.4 Å². The molecule has 0 aliphatic carbocycles. The van der Waals surface area contributed by atoms with E-state index in [1.165, 1.54) is 11.9 Å². The van der Waals surface area contributed by atoms with Crippen molar-refractivity contribution in [2.75, 3.05) is 7.11 Å². The van der Waals surface area contributed by atoms with E-state index in [1.54, 1.807) is 7.11 Å². The fraction of sp³-hybridized carbons (Fsp3) is 0.190. The van der Waals surface area contributed by atoms with Crippen LogP contribution in [0, 0.1) is 0 Å². The maximum atomic E-state index is 12.3. The topological polar surface area (TPSA) is 54.8 Å². The fourth-order valence-corrected chi connectivity index (χ4v) is 3.92. The first kappa shape index (κ1) is 18.7. The highest BCUT2D eigenvalue weighted by atomic mass is 35.5. The quantitative estimate of drug-likeness (QED) is 0.551. The number of hydrazone groups is 1. The smallest absolute Gasteiger partial charge is 0.240 e. The lowest BCUT2D eigenvalue weighted by molar-refractivity contribution is -0.130. The maximum absolute atomic E-state index is 12.3. The maximum Gasteiger partial charge on any atom is 0.240 e. The summed E-state index contributed by atoms with van der Waals surface area (Å²) in [6.45, 7) is 1.49. The number of amides is 1. The summed E-state index contributed by atoms with van der Waals surface area (Å²) < 4.78 is 5.25. The summed E-state index contributed by atoms with van der Waals surface area (Å²) in [5.74, 6) is 0.539. The number of carbonyl (C=O) groups excluding carboxylic acids is 1. The minimum Gasteiger partial charge on any atom is -0.497 e. The van der Waals surface area contributed by atoms with Crippen molar-refractivity contribution in [1.29, 1.82) is 0 Å². The Morgan fingerprint density at radius 2 is 1.96 bits per heavy atom. The molecule has 0 radical (unpaired) electrons. The van der Waals surface area contributed by atoms with E-state index in [9.17, 15) is 4.79 Å². The summed E-state index contributed by atoms with van der Waals surface area (Å²) in [5.41, 5.74) is 3.04. The molecule has 1 amide bonds. The van der Waals surface area contributed by atoms with Gasteiger partial charge in [-0.2, -0.15) is 5.10 Å². The van der Waals surface area contributed by atoms with Crippen LogP contribution in [-0.4, -0.2) is 28.7 Å². The van der Waals surface area contributed by atoms with Gasteiger partial charge in [-0.1, -0.05) is 41.4 Å². The van der Waals surface area contributed by atoms with E-state index in [-0.39, 0.29) is 11.9 Å². The molecule has 0 bridgehead atoms. The van der Waals surface area contributed by atoms with E-state index in [0.717, 1.165) is 27.7 Å². The van der Waals surface area contributed by atoms with Crippen LogP contribution < -0.4 is 4.74 Å². The molecule has 2 heterocycles. The highest BCUT2D eigenvalue weighted by Crippen LogP contribution is 2.38. The van der Waals surface area contributed by atoms with Crippen LogP contribution in [0.5, 0.6) is 5.75 Å². The Labute approximate surface area is 172 Å². The average molecular weight is 414 g/mol. The molecule has 1 aromatic heterocycles. The van der Waals surface area contributed by atoms with Crippen molar-refractivity contribution >= 4 is 45.7 Å². The standard InChI is InChI=1S/C21H17Cl2N3O2/c1-12(27)26-20(11-19(25-26)15-5-3-4-6-17(15)22)16-9-13-7-8-14(28-2)10-18(13)24-21(16)23/h3-10,20H,11H2,1-2H3. The van der Waals surface area contributed by atoms with Gasteiger partial charge in [-0.3, -0.25) is 4.79 Å². The molecule has 1 aliphatic heterocycles.